The highest BCUT2D eigenvalue weighted by Gasteiger charge is 2.22. The van der Waals surface area contributed by atoms with Gasteiger partial charge >= 0.3 is 0 Å². The molecule has 1 aromatic heterocycles. The highest BCUT2D eigenvalue weighted by molar-refractivity contribution is 5.94. The summed E-state index contributed by atoms with van der Waals surface area (Å²) in [5, 5.41) is 2.96. The van der Waals surface area contributed by atoms with Gasteiger partial charge in [0.2, 0.25) is 17.8 Å². The van der Waals surface area contributed by atoms with E-state index in [1.165, 1.54) is 0 Å². The first-order chi connectivity index (χ1) is 19.4. The predicted molar refractivity (Wildman–Crippen MR) is 154 cm³/mol. The monoisotopic (exact) mass is 549 g/mol. The molecular formula is C30H39N5O5. The van der Waals surface area contributed by atoms with Crippen LogP contribution in [0.15, 0.2) is 54.7 Å². The van der Waals surface area contributed by atoms with Crippen LogP contribution in [0.4, 0.5) is 5.95 Å². The number of ether oxygens (including phenoxy) is 3. The van der Waals surface area contributed by atoms with Gasteiger partial charge in [-0.3, -0.25) is 24.4 Å². The van der Waals surface area contributed by atoms with Crippen LogP contribution in [0.2, 0.25) is 0 Å². The van der Waals surface area contributed by atoms with E-state index in [4.69, 9.17) is 19.2 Å². The van der Waals surface area contributed by atoms with E-state index >= 15 is 0 Å². The minimum atomic E-state index is -0.314. The van der Waals surface area contributed by atoms with E-state index in [9.17, 15) is 9.59 Å². The van der Waals surface area contributed by atoms with Crippen molar-refractivity contribution in [2.24, 2.45) is 5.92 Å². The van der Waals surface area contributed by atoms with Crippen LogP contribution in [-0.4, -0.2) is 91.3 Å². The van der Waals surface area contributed by atoms with Gasteiger partial charge in [-0.15, -0.1) is 0 Å². The molecule has 2 amide bonds. The van der Waals surface area contributed by atoms with E-state index < -0.39 is 0 Å². The van der Waals surface area contributed by atoms with Crippen molar-refractivity contribution in [3.63, 3.8) is 0 Å². The van der Waals surface area contributed by atoms with Crippen LogP contribution in [0.5, 0.6) is 11.5 Å². The molecule has 0 saturated carbocycles. The van der Waals surface area contributed by atoms with Gasteiger partial charge in [-0.05, 0) is 18.1 Å². The number of amides is 2. The number of carbonyl (C=O) groups is 2. The molecule has 1 fully saturated rings. The fourth-order valence-electron chi connectivity index (χ4n) is 4.58. The topological polar surface area (TPSA) is 98.2 Å². The number of nitrogens with one attached hydrogen (secondary N) is 1. The van der Waals surface area contributed by atoms with Crippen molar-refractivity contribution in [3.05, 3.63) is 54.7 Å². The average molecular weight is 550 g/mol. The van der Waals surface area contributed by atoms with Gasteiger partial charge in [-0.2, -0.15) is 0 Å². The number of methoxy groups -OCH3 is 2. The first-order valence-corrected chi connectivity index (χ1v) is 13.6. The second-order valence-corrected chi connectivity index (χ2v) is 10.1. The number of benzene rings is 2. The molecule has 1 saturated heterocycles. The van der Waals surface area contributed by atoms with Gasteiger partial charge in [0, 0.05) is 50.4 Å². The van der Waals surface area contributed by atoms with Crippen molar-refractivity contribution in [2.45, 2.75) is 20.3 Å². The lowest BCUT2D eigenvalue weighted by molar-refractivity contribution is -0.135. The molecule has 2 aromatic carbocycles. The third-order valence-corrected chi connectivity index (χ3v) is 6.73. The second-order valence-electron chi connectivity index (χ2n) is 10.1. The normalized spacial score (nSPS) is 13.7. The number of nitrogens with zero attached hydrogens (tertiary/aromatic N) is 4. The summed E-state index contributed by atoms with van der Waals surface area (Å²) < 4.78 is 18.1. The first kappa shape index (κ1) is 29.1. The first-order valence-electron chi connectivity index (χ1n) is 13.6. The molecule has 0 bridgehead atoms. The molecule has 0 radical (unpaired) electrons. The minimum absolute atomic E-state index is 0.0355. The molecule has 10 nitrogen and oxygen atoms in total. The molecule has 214 valence electrons. The lowest BCUT2D eigenvalue weighted by Crippen LogP contribution is -2.45. The van der Waals surface area contributed by atoms with Crippen molar-refractivity contribution < 1.29 is 23.8 Å². The fourth-order valence-corrected chi connectivity index (χ4v) is 4.58. The van der Waals surface area contributed by atoms with Gasteiger partial charge < -0.3 is 19.1 Å². The third-order valence-electron chi connectivity index (χ3n) is 6.73. The van der Waals surface area contributed by atoms with Gasteiger partial charge in [-0.25, -0.2) is 4.98 Å². The Kier molecular flexibility index (Phi) is 10.2. The Bertz CT molecular complexity index is 1270. The van der Waals surface area contributed by atoms with Crippen molar-refractivity contribution in [2.75, 3.05) is 65.5 Å². The van der Waals surface area contributed by atoms with Crippen molar-refractivity contribution in [1.82, 2.24) is 19.4 Å². The van der Waals surface area contributed by atoms with E-state index in [1.54, 1.807) is 29.8 Å². The lowest BCUT2D eigenvalue weighted by atomic mass is 10.1. The zero-order valence-electron chi connectivity index (χ0n) is 23.8. The quantitative estimate of drug-likeness (QED) is 0.368. The maximum absolute atomic E-state index is 13.4. The van der Waals surface area contributed by atoms with Crippen molar-refractivity contribution in [1.29, 1.82) is 0 Å². The molecule has 2 heterocycles. The van der Waals surface area contributed by atoms with Gasteiger partial charge in [0.15, 0.2) is 11.5 Å². The van der Waals surface area contributed by atoms with E-state index in [2.05, 4.69) is 10.2 Å². The van der Waals surface area contributed by atoms with Crippen LogP contribution in [-0.2, 0) is 14.3 Å². The van der Waals surface area contributed by atoms with Gasteiger partial charge in [0.05, 0.1) is 45.4 Å². The Morgan fingerprint density at radius 1 is 1.05 bits per heavy atom. The Morgan fingerprint density at radius 3 is 2.45 bits per heavy atom. The largest absolute Gasteiger partial charge is 0.493 e. The molecule has 0 aliphatic carbocycles. The second kappa shape index (κ2) is 14.0. The number of hydrogen-bond acceptors (Lipinski definition) is 7. The number of hydrogen-bond donors (Lipinski definition) is 1. The number of carbonyl (C=O) groups excluding carboxylic acids is 2. The highest BCUT2D eigenvalue weighted by atomic mass is 16.5. The molecule has 0 spiro atoms. The summed E-state index contributed by atoms with van der Waals surface area (Å²) in [6.07, 6.45) is 2.25. The summed E-state index contributed by atoms with van der Waals surface area (Å²) in [4.78, 5) is 35.1. The summed E-state index contributed by atoms with van der Waals surface area (Å²) in [7, 11) is 3.16. The zero-order valence-corrected chi connectivity index (χ0v) is 23.8. The molecule has 1 aliphatic heterocycles. The van der Waals surface area contributed by atoms with E-state index in [0.29, 0.717) is 55.9 Å². The molecule has 0 unspecified atom stereocenters. The summed E-state index contributed by atoms with van der Waals surface area (Å²) in [5.41, 5.74) is 2.35. The highest BCUT2D eigenvalue weighted by Crippen LogP contribution is 2.31. The summed E-state index contributed by atoms with van der Waals surface area (Å²) in [5.74, 6) is 1.34. The minimum Gasteiger partial charge on any atom is -0.493 e. The Hall–Kier alpha value is -3.89. The molecule has 3 aromatic rings. The maximum atomic E-state index is 13.4. The fraction of sp³-hybridized carbons (Fsp3) is 0.433. The predicted octanol–water partition coefficient (Wildman–Crippen LogP) is 3.70. The van der Waals surface area contributed by atoms with E-state index in [0.717, 1.165) is 24.3 Å². The van der Waals surface area contributed by atoms with Crippen LogP contribution in [0.25, 0.3) is 16.9 Å². The molecule has 10 heteroatoms. The van der Waals surface area contributed by atoms with Crippen molar-refractivity contribution in [3.8, 4) is 28.4 Å². The van der Waals surface area contributed by atoms with Crippen LogP contribution < -0.4 is 14.8 Å². The summed E-state index contributed by atoms with van der Waals surface area (Å²) in [6.45, 7) is 8.12. The third kappa shape index (κ3) is 7.61. The Labute approximate surface area is 235 Å². The van der Waals surface area contributed by atoms with E-state index in [-0.39, 0.29) is 24.3 Å². The van der Waals surface area contributed by atoms with E-state index in [1.807, 2.05) is 62.5 Å². The summed E-state index contributed by atoms with van der Waals surface area (Å²) >= 11 is 0. The van der Waals surface area contributed by atoms with Gasteiger partial charge in [-0.1, -0.05) is 44.2 Å². The molecular weight excluding hydrogens is 510 g/mol. The van der Waals surface area contributed by atoms with Gasteiger partial charge in [0.1, 0.15) is 0 Å². The molecule has 4 rings (SSSR count). The SMILES string of the molecule is COc1ccc(-n2cc(-c3ccccc3)nc2NC(=O)CN(CCN2CCOCC2)C(=O)CC(C)C)cc1OC. The summed E-state index contributed by atoms with van der Waals surface area (Å²) in [6, 6.07) is 15.2. The smallest absolute Gasteiger partial charge is 0.246 e. The van der Waals surface area contributed by atoms with Crippen LogP contribution >= 0.6 is 0 Å². The molecule has 0 atom stereocenters. The Balaban J connectivity index is 1.58. The number of aromatic nitrogens is 2. The number of rotatable bonds is 12. The lowest BCUT2D eigenvalue weighted by Gasteiger charge is -2.30. The average Bonchev–Trinajstić information content (AvgIpc) is 3.39. The standard InChI is InChI=1S/C30H39N5O5/c1-22(2)18-29(37)34(13-12-33-14-16-40-17-15-33)21-28(36)32-30-31-25(23-8-6-5-7-9-23)20-35(30)24-10-11-26(38-3)27(19-24)39-4/h5-11,19-20,22H,12-18,21H2,1-4H3,(H,31,32,36). The number of imidazole rings is 1. The van der Waals surface area contributed by atoms with Crippen LogP contribution in [0.3, 0.4) is 0 Å². The van der Waals surface area contributed by atoms with Gasteiger partial charge in [0.25, 0.3) is 0 Å². The van der Waals surface area contributed by atoms with Crippen LogP contribution in [0.1, 0.15) is 20.3 Å². The number of morpholine rings is 1. The zero-order chi connectivity index (χ0) is 28.5. The molecule has 40 heavy (non-hydrogen) atoms. The number of anilines is 1. The Morgan fingerprint density at radius 2 is 1.77 bits per heavy atom. The van der Waals surface area contributed by atoms with Crippen molar-refractivity contribution >= 4 is 17.8 Å². The van der Waals surface area contributed by atoms with Crippen LogP contribution in [0, 0.1) is 5.92 Å². The maximum Gasteiger partial charge on any atom is 0.246 e. The molecule has 1 aliphatic rings. The molecule has 1 N–H and O–H groups in total.